The van der Waals surface area contributed by atoms with Crippen LogP contribution in [0, 0.1) is 0 Å². The average Bonchev–Trinajstić information content (AvgIpc) is 2.48. The lowest BCUT2D eigenvalue weighted by Crippen LogP contribution is -2.27. The standard InChI is InChI=1S/C10H19N5/c1-5-15-7-8(6-12-15)13-9(11)14-10(2,3)4/h6-7H,5H2,1-4H3,(H3,11,13,14). The molecule has 3 N–H and O–H groups in total. The Morgan fingerprint density at radius 2 is 2.27 bits per heavy atom. The second-order valence-corrected chi connectivity index (χ2v) is 4.38. The lowest BCUT2D eigenvalue weighted by Gasteiger charge is -2.13. The van der Waals surface area contributed by atoms with Crippen molar-refractivity contribution >= 4 is 11.6 Å². The molecule has 0 spiro atoms. The van der Waals surface area contributed by atoms with Gasteiger partial charge in [0.05, 0.1) is 17.4 Å². The van der Waals surface area contributed by atoms with E-state index in [4.69, 9.17) is 5.73 Å². The van der Waals surface area contributed by atoms with E-state index in [0.29, 0.717) is 5.96 Å². The predicted molar refractivity (Wildman–Crippen MR) is 62.9 cm³/mol. The minimum absolute atomic E-state index is 0.169. The van der Waals surface area contributed by atoms with E-state index in [1.54, 1.807) is 6.20 Å². The molecule has 1 aromatic rings. The van der Waals surface area contributed by atoms with Crippen molar-refractivity contribution < 1.29 is 0 Å². The van der Waals surface area contributed by atoms with Gasteiger partial charge in [-0.15, -0.1) is 0 Å². The normalized spacial score (nSPS) is 12.9. The Hall–Kier alpha value is -1.52. The summed E-state index contributed by atoms with van der Waals surface area (Å²) >= 11 is 0. The Morgan fingerprint density at radius 3 is 2.73 bits per heavy atom. The first kappa shape index (κ1) is 11.6. The number of hydrogen-bond acceptors (Lipinski definition) is 2. The van der Waals surface area contributed by atoms with Gasteiger partial charge in [-0.05, 0) is 27.7 Å². The fourth-order valence-electron chi connectivity index (χ4n) is 1.14. The first-order valence-corrected chi connectivity index (χ1v) is 5.05. The third-order valence-electron chi connectivity index (χ3n) is 1.69. The largest absolute Gasteiger partial charge is 0.370 e. The fourth-order valence-corrected chi connectivity index (χ4v) is 1.14. The molecule has 1 rings (SSSR count). The number of rotatable bonds is 2. The van der Waals surface area contributed by atoms with E-state index in [9.17, 15) is 0 Å². The maximum absolute atomic E-state index is 5.74. The zero-order valence-electron chi connectivity index (χ0n) is 9.78. The van der Waals surface area contributed by atoms with Crippen LogP contribution in [0.25, 0.3) is 0 Å². The smallest absolute Gasteiger partial charge is 0.193 e. The van der Waals surface area contributed by atoms with E-state index in [0.717, 1.165) is 12.2 Å². The molecule has 5 heteroatoms. The van der Waals surface area contributed by atoms with Crippen molar-refractivity contribution in [2.45, 2.75) is 39.8 Å². The van der Waals surface area contributed by atoms with E-state index in [-0.39, 0.29) is 5.54 Å². The summed E-state index contributed by atoms with van der Waals surface area (Å²) in [6, 6.07) is 0. The molecule has 0 saturated heterocycles. The summed E-state index contributed by atoms with van der Waals surface area (Å²) in [4.78, 5) is 4.29. The molecule has 0 amide bonds. The summed E-state index contributed by atoms with van der Waals surface area (Å²) in [5.74, 6) is 0.415. The molecule has 0 saturated carbocycles. The van der Waals surface area contributed by atoms with Gasteiger partial charge < -0.3 is 11.1 Å². The van der Waals surface area contributed by atoms with Crippen molar-refractivity contribution in [1.29, 1.82) is 0 Å². The van der Waals surface area contributed by atoms with Crippen LogP contribution < -0.4 is 11.1 Å². The number of aryl methyl sites for hydroxylation is 1. The first-order chi connectivity index (χ1) is 6.90. The van der Waals surface area contributed by atoms with Gasteiger partial charge in [-0.25, -0.2) is 4.99 Å². The van der Waals surface area contributed by atoms with Gasteiger partial charge in [0.25, 0.3) is 0 Å². The van der Waals surface area contributed by atoms with Crippen molar-refractivity contribution in [2.24, 2.45) is 10.7 Å². The molecule has 0 aromatic carbocycles. The number of hydrogen-bond donors (Lipinski definition) is 2. The van der Waals surface area contributed by atoms with E-state index in [1.807, 2.05) is 38.6 Å². The summed E-state index contributed by atoms with van der Waals surface area (Å²) in [6.45, 7) is 8.87. The summed E-state index contributed by atoms with van der Waals surface area (Å²) in [5.41, 5.74) is 6.44. The van der Waals surface area contributed by atoms with E-state index in [2.05, 4.69) is 15.4 Å². The molecule has 5 nitrogen and oxygen atoms in total. The monoisotopic (exact) mass is 209 g/mol. The number of nitrogens with zero attached hydrogens (tertiary/aromatic N) is 3. The van der Waals surface area contributed by atoms with Gasteiger partial charge in [0, 0.05) is 12.7 Å². The van der Waals surface area contributed by atoms with Crippen LogP contribution >= 0.6 is 0 Å². The molecule has 0 bridgehead atoms. The van der Waals surface area contributed by atoms with Gasteiger partial charge in [0.15, 0.2) is 5.96 Å². The maximum Gasteiger partial charge on any atom is 0.193 e. The summed E-state index contributed by atoms with van der Waals surface area (Å²) in [6.07, 6.45) is 3.62. The van der Waals surface area contributed by atoms with Crippen LogP contribution in [0.3, 0.4) is 0 Å². The van der Waals surface area contributed by atoms with Crippen LogP contribution in [0.5, 0.6) is 0 Å². The van der Waals surface area contributed by atoms with Gasteiger partial charge in [-0.1, -0.05) is 0 Å². The van der Waals surface area contributed by atoms with Gasteiger partial charge in [-0.3, -0.25) is 4.68 Å². The fraction of sp³-hybridized carbons (Fsp3) is 0.600. The zero-order chi connectivity index (χ0) is 11.5. The number of anilines is 1. The Balaban J connectivity index is 2.66. The van der Waals surface area contributed by atoms with Crippen LogP contribution in [0.1, 0.15) is 27.7 Å². The van der Waals surface area contributed by atoms with Crippen LogP contribution in [0.2, 0.25) is 0 Å². The molecule has 0 unspecified atom stereocenters. The highest BCUT2D eigenvalue weighted by Gasteiger charge is 2.08. The molecule has 15 heavy (non-hydrogen) atoms. The van der Waals surface area contributed by atoms with Crippen molar-refractivity contribution in [3.05, 3.63) is 12.4 Å². The molecule has 0 aliphatic heterocycles. The number of aromatic nitrogens is 2. The van der Waals surface area contributed by atoms with Crippen LogP contribution in [0.15, 0.2) is 17.4 Å². The molecule has 0 aliphatic carbocycles. The highest BCUT2D eigenvalue weighted by molar-refractivity contribution is 5.92. The third kappa shape index (κ3) is 4.01. The average molecular weight is 209 g/mol. The zero-order valence-corrected chi connectivity index (χ0v) is 9.78. The summed E-state index contributed by atoms with van der Waals surface area (Å²) in [5, 5.41) is 7.13. The lowest BCUT2D eigenvalue weighted by atomic mass is 10.1. The molecular weight excluding hydrogens is 190 g/mol. The van der Waals surface area contributed by atoms with E-state index in [1.165, 1.54) is 0 Å². The van der Waals surface area contributed by atoms with Crippen molar-refractivity contribution in [3.8, 4) is 0 Å². The van der Waals surface area contributed by atoms with Crippen LogP contribution in [0.4, 0.5) is 5.69 Å². The predicted octanol–water partition coefficient (Wildman–Crippen LogP) is 1.43. The molecule has 84 valence electrons. The number of nitrogens with two attached hydrogens (primary N) is 1. The van der Waals surface area contributed by atoms with Crippen LogP contribution in [-0.2, 0) is 6.54 Å². The third-order valence-corrected chi connectivity index (χ3v) is 1.69. The van der Waals surface area contributed by atoms with Crippen LogP contribution in [-0.4, -0.2) is 21.3 Å². The van der Waals surface area contributed by atoms with Crippen molar-refractivity contribution in [2.75, 3.05) is 5.32 Å². The van der Waals surface area contributed by atoms with Gasteiger partial charge in [0.1, 0.15) is 0 Å². The maximum atomic E-state index is 5.74. The summed E-state index contributed by atoms with van der Waals surface area (Å²) in [7, 11) is 0. The molecular formula is C10H19N5. The highest BCUT2D eigenvalue weighted by atomic mass is 15.3. The molecule has 0 fully saturated rings. The quantitative estimate of drug-likeness (QED) is 0.572. The minimum Gasteiger partial charge on any atom is -0.370 e. The van der Waals surface area contributed by atoms with E-state index >= 15 is 0 Å². The highest BCUT2D eigenvalue weighted by Crippen LogP contribution is 2.08. The molecule has 0 aliphatic rings. The SMILES string of the molecule is CCn1cc(NC(N)=NC(C)(C)C)cn1. The first-order valence-electron chi connectivity index (χ1n) is 5.05. The van der Waals surface area contributed by atoms with Crippen molar-refractivity contribution in [3.63, 3.8) is 0 Å². The van der Waals surface area contributed by atoms with Gasteiger partial charge in [0.2, 0.25) is 0 Å². The lowest BCUT2D eigenvalue weighted by molar-refractivity contribution is 0.583. The Morgan fingerprint density at radius 1 is 1.60 bits per heavy atom. The Labute approximate surface area is 90.4 Å². The molecule has 1 heterocycles. The topological polar surface area (TPSA) is 68.2 Å². The number of aliphatic imine (C=N–C) groups is 1. The minimum atomic E-state index is -0.169. The number of nitrogens with one attached hydrogen (secondary N) is 1. The summed E-state index contributed by atoms with van der Waals surface area (Å²) < 4.78 is 1.83. The molecule has 0 radical (unpaired) electrons. The second-order valence-electron chi connectivity index (χ2n) is 4.38. The number of guanidine groups is 1. The Kier molecular flexibility index (Phi) is 3.34. The van der Waals surface area contributed by atoms with Gasteiger partial charge >= 0.3 is 0 Å². The van der Waals surface area contributed by atoms with Crippen molar-refractivity contribution in [1.82, 2.24) is 9.78 Å². The molecule has 1 aromatic heterocycles. The van der Waals surface area contributed by atoms with Gasteiger partial charge in [-0.2, -0.15) is 5.10 Å². The molecule has 0 atom stereocenters. The second kappa shape index (κ2) is 4.33. The van der Waals surface area contributed by atoms with E-state index < -0.39 is 0 Å². The Bertz CT molecular complexity index is 345.